The molecule has 0 bridgehead atoms. The van der Waals surface area contributed by atoms with Gasteiger partial charge in [-0.05, 0) is 41.1 Å². The number of anilines is 1. The number of amides is 1. The Balaban J connectivity index is 2.52. The summed E-state index contributed by atoms with van der Waals surface area (Å²) in [6.45, 7) is 1.42. The molecule has 1 aromatic carbocycles. The summed E-state index contributed by atoms with van der Waals surface area (Å²) < 4.78 is 1.64. The van der Waals surface area contributed by atoms with Crippen molar-refractivity contribution in [2.45, 2.75) is 13.0 Å². The maximum absolute atomic E-state index is 11.6. The maximum atomic E-state index is 11.6. The molecule has 18 heavy (non-hydrogen) atoms. The lowest BCUT2D eigenvalue weighted by Crippen LogP contribution is -2.39. The van der Waals surface area contributed by atoms with Crippen LogP contribution in [-0.2, 0) is 9.59 Å². The Kier molecular flexibility index (Phi) is 5.77. The molecular formula is C11H12Br2N2O3. The third-order valence-electron chi connectivity index (χ3n) is 2.14. The van der Waals surface area contributed by atoms with Gasteiger partial charge in [-0.1, -0.05) is 15.9 Å². The number of halogens is 2. The Bertz CT molecular complexity index is 466. The van der Waals surface area contributed by atoms with Crippen LogP contribution < -0.4 is 10.6 Å². The van der Waals surface area contributed by atoms with Crippen LogP contribution in [-0.4, -0.2) is 29.6 Å². The topological polar surface area (TPSA) is 78.4 Å². The molecule has 0 unspecified atom stereocenters. The van der Waals surface area contributed by atoms with E-state index in [4.69, 9.17) is 5.11 Å². The second-order valence-corrected chi connectivity index (χ2v) is 5.38. The maximum Gasteiger partial charge on any atom is 0.320 e. The van der Waals surface area contributed by atoms with Crippen LogP contribution in [0.3, 0.4) is 0 Å². The minimum atomic E-state index is -0.993. The van der Waals surface area contributed by atoms with Crippen LogP contribution in [0, 0.1) is 0 Å². The number of carboxylic acid groups (broad SMARTS) is 1. The molecule has 1 aromatic rings. The average molecular weight is 380 g/mol. The fourth-order valence-corrected chi connectivity index (χ4v) is 2.26. The lowest BCUT2D eigenvalue weighted by atomic mass is 10.3. The van der Waals surface area contributed by atoms with E-state index in [1.165, 1.54) is 6.92 Å². The van der Waals surface area contributed by atoms with Gasteiger partial charge in [-0.2, -0.15) is 0 Å². The molecule has 1 atom stereocenters. The minimum Gasteiger partial charge on any atom is -0.480 e. The summed E-state index contributed by atoms with van der Waals surface area (Å²) in [7, 11) is 0. The van der Waals surface area contributed by atoms with Crippen LogP contribution >= 0.6 is 31.9 Å². The molecule has 0 saturated heterocycles. The van der Waals surface area contributed by atoms with Gasteiger partial charge < -0.3 is 10.4 Å². The molecule has 5 nitrogen and oxygen atoms in total. The Hall–Kier alpha value is -0.920. The zero-order valence-electron chi connectivity index (χ0n) is 9.54. The van der Waals surface area contributed by atoms with Crippen molar-refractivity contribution < 1.29 is 14.7 Å². The number of carboxylic acids is 1. The molecule has 1 amide bonds. The Labute approximate surface area is 121 Å². The van der Waals surface area contributed by atoms with E-state index in [0.717, 1.165) is 8.95 Å². The van der Waals surface area contributed by atoms with Crippen molar-refractivity contribution in [1.29, 1.82) is 0 Å². The van der Waals surface area contributed by atoms with E-state index in [-0.39, 0.29) is 12.5 Å². The Morgan fingerprint density at radius 1 is 1.39 bits per heavy atom. The van der Waals surface area contributed by atoms with Gasteiger partial charge >= 0.3 is 5.97 Å². The van der Waals surface area contributed by atoms with Crippen LogP contribution in [0.4, 0.5) is 5.69 Å². The van der Waals surface area contributed by atoms with Crippen molar-refractivity contribution in [3.63, 3.8) is 0 Å². The smallest absolute Gasteiger partial charge is 0.320 e. The van der Waals surface area contributed by atoms with Crippen LogP contribution in [0.15, 0.2) is 27.1 Å². The molecule has 3 N–H and O–H groups in total. The van der Waals surface area contributed by atoms with Crippen molar-refractivity contribution in [1.82, 2.24) is 5.32 Å². The molecule has 0 saturated carbocycles. The minimum absolute atomic E-state index is 0.0596. The second-order valence-electron chi connectivity index (χ2n) is 3.61. The van der Waals surface area contributed by atoms with Gasteiger partial charge in [-0.15, -0.1) is 0 Å². The first-order chi connectivity index (χ1) is 8.40. The number of benzene rings is 1. The largest absolute Gasteiger partial charge is 0.480 e. The first-order valence-electron chi connectivity index (χ1n) is 5.11. The summed E-state index contributed by atoms with van der Waals surface area (Å²) in [5.41, 5.74) is 0.632. The van der Waals surface area contributed by atoms with E-state index >= 15 is 0 Å². The number of nitrogens with one attached hydrogen (secondary N) is 2. The van der Waals surface area contributed by atoms with E-state index in [2.05, 4.69) is 42.5 Å². The summed E-state index contributed by atoms with van der Waals surface area (Å²) >= 11 is 6.63. The van der Waals surface area contributed by atoms with Gasteiger partial charge in [0.2, 0.25) is 5.91 Å². The number of carbonyl (C=O) groups is 2. The fourth-order valence-electron chi connectivity index (χ4n) is 1.12. The van der Waals surface area contributed by atoms with E-state index in [1.807, 2.05) is 6.07 Å². The van der Waals surface area contributed by atoms with Crippen LogP contribution in [0.1, 0.15) is 6.92 Å². The highest BCUT2D eigenvalue weighted by atomic mass is 79.9. The Morgan fingerprint density at radius 2 is 2.06 bits per heavy atom. The van der Waals surface area contributed by atoms with Gasteiger partial charge in [0.1, 0.15) is 6.04 Å². The van der Waals surface area contributed by atoms with Gasteiger partial charge in [-0.3, -0.25) is 14.9 Å². The number of rotatable bonds is 5. The predicted molar refractivity (Wildman–Crippen MR) is 75.6 cm³/mol. The molecular weight excluding hydrogens is 368 g/mol. The van der Waals surface area contributed by atoms with E-state index in [0.29, 0.717) is 5.69 Å². The third kappa shape index (κ3) is 4.75. The third-order valence-corrected chi connectivity index (χ3v) is 3.29. The zero-order valence-corrected chi connectivity index (χ0v) is 12.7. The normalized spacial score (nSPS) is 11.9. The molecule has 1 rings (SSSR count). The SMILES string of the molecule is C[C@@H](NCC(=O)Nc1ccc(Br)cc1Br)C(=O)O. The summed E-state index contributed by atoms with van der Waals surface area (Å²) in [5.74, 6) is -1.29. The number of hydrogen-bond acceptors (Lipinski definition) is 3. The number of hydrogen-bond donors (Lipinski definition) is 3. The van der Waals surface area contributed by atoms with E-state index < -0.39 is 12.0 Å². The van der Waals surface area contributed by atoms with E-state index in [9.17, 15) is 9.59 Å². The van der Waals surface area contributed by atoms with Gasteiger partial charge in [0.15, 0.2) is 0 Å². The molecule has 0 radical (unpaired) electrons. The first kappa shape index (κ1) is 15.1. The Morgan fingerprint density at radius 3 is 2.61 bits per heavy atom. The zero-order chi connectivity index (χ0) is 13.7. The lowest BCUT2D eigenvalue weighted by Gasteiger charge is -2.10. The molecule has 0 aliphatic heterocycles. The molecule has 0 aliphatic carbocycles. The summed E-state index contributed by atoms with van der Waals surface area (Å²) in [6, 6.07) is 4.59. The van der Waals surface area contributed by atoms with Crippen molar-refractivity contribution in [2.24, 2.45) is 0 Å². The highest BCUT2D eigenvalue weighted by Gasteiger charge is 2.12. The molecule has 98 valence electrons. The fraction of sp³-hybridized carbons (Fsp3) is 0.273. The van der Waals surface area contributed by atoms with Crippen molar-refractivity contribution in [3.05, 3.63) is 27.1 Å². The highest BCUT2D eigenvalue weighted by molar-refractivity contribution is 9.11. The lowest BCUT2D eigenvalue weighted by molar-refractivity contribution is -0.139. The van der Waals surface area contributed by atoms with Crippen LogP contribution in [0.2, 0.25) is 0 Å². The standard InChI is InChI=1S/C11H12Br2N2O3/c1-6(11(17)18)14-5-10(16)15-9-3-2-7(12)4-8(9)13/h2-4,6,14H,5H2,1H3,(H,15,16)(H,17,18)/t6-/m1/s1. The van der Waals surface area contributed by atoms with Gasteiger partial charge in [0, 0.05) is 8.95 Å². The van der Waals surface area contributed by atoms with Gasteiger partial charge in [-0.25, -0.2) is 0 Å². The number of carbonyl (C=O) groups excluding carboxylic acids is 1. The second kappa shape index (κ2) is 6.86. The molecule has 7 heteroatoms. The van der Waals surface area contributed by atoms with Gasteiger partial charge in [0.25, 0.3) is 0 Å². The van der Waals surface area contributed by atoms with Crippen molar-refractivity contribution in [2.75, 3.05) is 11.9 Å². The molecule has 0 spiro atoms. The summed E-state index contributed by atoms with van der Waals surface area (Å²) in [4.78, 5) is 22.1. The van der Waals surface area contributed by atoms with Crippen molar-refractivity contribution in [3.8, 4) is 0 Å². The molecule has 0 heterocycles. The van der Waals surface area contributed by atoms with Crippen LogP contribution in [0.25, 0.3) is 0 Å². The van der Waals surface area contributed by atoms with Gasteiger partial charge in [0.05, 0.1) is 12.2 Å². The number of aliphatic carboxylic acids is 1. The first-order valence-corrected chi connectivity index (χ1v) is 6.70. The highest BCUT2D eigenvalue weighted by Crippen LogP contribution is 2.25. The van der Waals surface area contributed by atoms with E-state index in [1.54, 1.807) is 12.1 Å². The predicted octanol–water partition coefficient (Wildman–Crippen LogP) is 2.21. The molecule has 0 aromatic heterocycles. The summed E-state index contributed by atoms with van der Waals surface area (Å²) in [6.07, 6.45) is 0. The molecule has 0 aliphatic rings. The van der Waals surface area contributed by atoms with Crippen LogP contribution in [0.5, 0.6) is 0 Å². The van der Waals surface area contributed by atoms with Crippen molar-refractivity contribution >= 4 is 49.4 Å². The average Bonchev–Trinajstić information content (AvgIpc) is 2.29. The summed E-state index contributed by atoms with van der Waals surface area (Å²) in [5, 5.41) is 13.9. The molecule has 0 fully saturated rings. The monoisotopic (exact) mass is 378 g/mol. The quantitative estimate of drug-likeness (QED) is 0.732.